The van der Waals surface area contributed by atoms with E-state index in [1.54, 1.807) is 0 Å². The molecule has 1 aliphatic rings. The molecule has 1 aromatic carbocycles. The van der Waals surface area contributed by atoms with Crippen LogP contribution < -0.4 is 5.32 Å². The minimum atomic E-state index is 0.639. The second-order valence-corrected chi connectivity index (χ2v) is 5.39. The van der Waals surface area contributed by atoms with Crippen LogP contribution in [0.2, 0.25) is 0 Å². The van der Waals surface area contributed by atoms with Crippen LogP contribution in [0.1, 0.15) is 30.4 Å². The Hall–Kier alpha value is -1.02. The third-order valence-corrected chi connectivity index (χ3v) is 3.70. The summed E-state index contributed by atoms with van der Waals surface area (Å²) in [7, 11) is 2.22. The SMILES string of the molecule is Cc1ccc(C)c(NC2CCCN(C)CC2)c1. The Morgan fingerprint density at radius 2 is 2.00 bits per heavy atom. The van der Waals surface area contributed by atoms with Crippen LogP contribution in [0, 0.1) is 13.8 Å². The zero-order valence-electron chi connectivity index (χ0n) is 11.3. The van der Waals surface area contributed by atoms with Crippen molar-refractivity contribution in [2.75, 3.05) is 25.5 Å². The first-order valence-electron chi connectivity index (χ1n) is 6.67. The summed E-state index contributed by atoms with van der Waals surface area (Å²) in [6.07, 6.45) is 3.85. The Kier molecular flexibility index (Phi) is 4.06. The molecule has 0 radical (unpaired) electrons. The summed E-state index contributed by atoms with van der Waals surface area (Å²) in [5.41, 5.74) is 4.01. The van der Waals surface area contributed by atoms with Crippen LogP contribution in [-0.4, -0.2) is 31.1 Å². The van der Waals surface area contributed by atoms with E-state index in [0.717, 1.165) is 0 Å². The number of anilines is 1. The lowest BCUT2D eigenvalue weighted by atomic mass is 10.1. The van der Waals surface area contributed by atoms with E-state index in [9.17, 15) is 0 Å². The molecular formula is C15H24N2. The molecule has 0 amide bonds. The van der Waals surface area contributed by atoms with E-state index in [0.29, 0.717) is 6.04 Å². The van der Waals surface area contributed by atoms with Gasteiger partial charge in [-0.3, -0.25) is 0 Å². The van der Waals surface area contributed by atoms with Crippen molar-refractivity contribution in [2.24, 2.45) is 0 Å². The lowest BCUT2D eigenvalue weighted by Gasteiger charge is -2.20. The average Bonchev–Trinajstić information content (AvgIpc) is 2.49. The van der Waals surface area contributed by atoms with Crippen molar-refractivity contribution in [3.63, 3.8) is 0 Å². The Bertz CT molecular complexity index is 373. The number of nitrogens with one attached hydrogen (secondary N) is 1. The summed E-state index contributed by atoms with van der Waals surface area (Å²) >= 11 is 0. The first-order valence-corrected chi connectivity index (χ1v) is 6.67. The molecule has 1 saturated heterocycles. The largest absolute Gasteiger partial charge is 0.382 e. The van der Waals surface area contributed by atoms with Gasteiger partial charge < -0.3 is 10.2 Å². The molecule has 0 aromatic heterocycles. The third kappa shape index (κ3) is 3.47. The van der Waals surface area contributed by atoms with Gasteiger partial charge in [-0.15, -0.1) is 0 Å². The Morgan fingerprint density at radius 1 is 1.18 bits per heavy atom. The Balaban J connectivity index is 2.02. The lowest BCUT2D eigenvalue weighted by Crippen LogP contribution is -2.23. The summed E-state index contributed by atoms with van der Waals surface area (Å²) in [5.74, 6) is 0. The van der Waals surface area contributed by atoms with E-state index in [1.165, 1.54) is 49.2 Å². The molecule has 2 rings (SSSR count). The minimum absolute atomic E-state index is 0.639. The van der Waals surface area contributed by atoms with Gasteiger partial charge in [0.15, 0.2) is 0 Å². The maximum atomic E-state index is 3.72. The monoisotopic (exact) mass is 232 g/mol. The molecule has 17 heavy (non-hydrogen) atoms. The number of benzene rings is 1. The van der Waals surface area contributed by atoms with Gasteiger partial charge in [0.05, 0.1) is 0 Å². The highest BCUT2D eigenvalue weighted by molar-refractivity contribution is 5.53. The zero-order valence-corrected chi connectivity index (χ0v) is 11.3. The standard InChI is InChI=1S/C15H24N2/c1-12-6-7-13(2)15(11-12)16-14-5-4-9-17(3)10-8-14/h6-7,11,14,16H,4-5,8-10H2,1-3H3. The minimum Gasteiger partial charge on any atom is -0.382 e. The van der Waals surface area contributed by atoms with E-state index in [-0.39, 0.29) is 0 Å². The predicted molar refractivity (Wildman–Crippen MR) is 74.7 cm³/mol. The second kappa shape index (κ2) is 5.54. The van der Waals surface area contributed by atoms with Gasteiger partial charge in [0.1, 0.15) is 0 Å². The fraction of sp³-hybridized carbons (Fsp3) is 0.600. The summed E-state index contributed by atoms with van der Waals surface area (Å²) in [6, 6.07) is 7.30. The maximum absolute atomic E-state index is 3.72. The van der Waals surface area contributed by atoms with Gasteiger partial charge in [0.25, 0.3) is 0 Å². The molecule has 0 spiro atoms. The molecule has 0 aliphatic carbocycles. The normalized spacial score (nSPS) is 22.2. The first-order chi connectivity index (χ1) is 8.15. The van der Waals surface area contributed by atoms with Crippen molar-refractivity contribution >= 4 is 5.69 Å². The summed E-state index contributed by atoms with van der Waals surface area (Å²) < 4.78 is 0. The van der Waals surface area contributed by atoms with E-state index in [1.807, 2.05) is 0 Å². The topological polar surface area (TPSA) is 15.3 Å². The zero-order chi connectivity index (χ0) is 12.3. The van der Waals surface area contributed by atoms with Crippen molar-refractivity contribution in [2.45, 2.75) is 39.2 Å². The number of hydrogen-bond acceptors (Lipinski definition) is 2. The molecular weight excluding hydrogens is 208 g/mol. The van der Waals surface area contributed by atoms with E-state index in [2.05, 4.69) is 49.3 Å². The molecule has 94 valence electrons. The number of nitrogens with zero attached hydrogens (tertiary/aromatic N) is 1. The number of hydrogen-bond donors (Lipinski definition) is 1. The highest BCUT2D eigenvalue weighted by Gasteiger charge is 2.14. The molecule has 1 aromatic rings. The van der Waals surface area contributed by atoms with Crippen molar-refractivity contribution < 1.29 is 0 Å². The predicted octanol–water partition coefficient (Wildman–Crippen LogP) is 3.20. The molecule has 1 unspecified atom stereocenters. The summed E-state index contributed by atoms with van der Waals surface area (Å²) in [6.45, 7) is 6.80. The van der Waals surface area contributed by atoms with Crippen LogP contribution >= 0.6 is 0 Å². The van der Waals surface area contributed by atoms with Crippen molar-refractivity contribution in [1.29, 1.82) is 0 Å². The Labute approximate surface area is 105 Å². The second-order valence-electron chi connectivity index (χ2n) is 5.39. The number of rotatable bonds is 2. The van der Waals surface area contributed by atoms with Gasteiger partial charge in [0, 0.05) is 11.7 Å². The van der Waals surface area contributed by atoms with Crippen LogP contribution in [0.15, 0.2) is 18.2 Å². The van der Waals surface area contributed by atoms with Crippen LogP contribution in [0.4, 0.5) is 5.69 Å². The van der Waals surface area contributed by atoms with Crippen molar-refractivity contribution in [3.8, 4) is 0 Å². The lowest BCUT2D eigenvalue weighted by molar-refractivity contribution is 0.348. The highest BCUT2D eigenvalue weighted by atomic mass is 15.1. The molecule has 0 saturated carbocycles. The quantitative estimate of drug-likeness (QED) is 0.842. The highest BCUT2D eigenvalue weighted by Crippen LogP contribution is 2.20. The van der Waals surface area contributed by atoms with Crippen LogP contribution in [0.25, 0.3) is 0 Å². The molecule has 1 heterocycles. The molecule has 1 aliphatic heterocycles. The van der Waals surface area contributed by atoms with Gasteiger partial charge in [-0.2, -0.15) is 0 Å². The molecule has 1 fully saturated rings. The van der Waals surface area contributed by atoms with Crippen molar-refractivity contribution in [1.82, 2.24) is 4.90 Å². The molecule has 2 heteroatoms. The number of aryl methyl sites for hydroxylation is 2. The molecule has 1 N–H and O–H groups in total. The summed E-state index contributed by atoms with van der Waals surface area (Å²) in [5, 5.41) is 3.72. The smallest absolute Gasteiger partial charge is 0.0374 e. The maximum Gasteiger partial charge on any atom is 0.0374 e. The van der Waals surface area contributed by atoms with Crippen LogP contribution in [-0.2, 0) is 0 Å². The van der Waals surface area contributed by atoms with Gasteiger partial charge in [-0.05, 0) is 70.4 Å². The fourth-order valence-corrected chi connectivity index (χ4v) is 2.50. The Morgan fingerprint density at radius 3 is 2.82 bits per heavy atom. The van der Waals surface area contributed by atoms with Gasteiger partial charge >= 0.3 is 0 Å². The van der Waals surface area contributed by atoms with E-state index < -0.39 is 0 Å². The van der Waals surface area contributed by atoms with Gasteiger partial charge in [0.2, 0.25) is 0 Å². The molecule has 2 nitrogen and oxygen atoms in total. The van der Waals surface area contributed by atoms with Crippen LogP contribution in [0.5, 0.6) is 0 Å². The average molecular weight is 232 g/mol. The first kappa shape index (κ1) is 12.4. The molecule has 0 bridgehead atoms. The molecule has 1 atom stereocenters. The third-order valence-electron chi connectivity index (χ3n) is 3.70. The number of likely N-dealkylation sites (tertiary alicyclic amines) is 1. The van der Waals surface area contributed by atoms with Gasteiger partial charge in [-0.25, -0.2) is 0 Å². The summed E-state index contributed by atoms with van der Waals surface area (Å²) in [4.78, 5) is 2.44. The van der Waals surface area contributed by atoms with Gasteiger partial charge in [-0.1, -0.05) is 12.1 Å². The fourth-order valence-electron chi connectivity index (χ4n) is 2.50. The van der Waals surface area contributed by atoms with Crippen molar-refractivity contribution in [3.05, 3.63) is 29.3 Å². The van der Waals surface area contributed by atoms with E-state index >= 15 is 0 Å². The van der Waals surface area contributed by atoms with E-state index in [4.69, 9.17) is 0 Å². The van der Waals surface area contributed by atoms with Crippen LogP contribution in [0.3, 0.4) is 0 Å².